The largest absolute Gasteiger partial charge is 0.472 e. The van der Waals surface area contributed by atoms with Crippen LogP contribution in [0.15, 0.2) is 63.0 Å². The van der Waals surface area contributed by atoms with Gasteiger partial charge in [-0.05, 0) is 35.3 Å². The molecule has 0 fully saturated rings. The first-order valence-corrected chi connectivity index (χ1v) is 9.60. The van der Waals surface area contributed by atoms with Crippen LogP contribution in [-0.4, -0.2) is 12.3 Å². The Hall–Kier alpha value is -2.03. The van der Waals surface area contributed by atoms with E-state index in [9.17, 15) is 0 Å². The summed E-state index contributed by atoms with van der Waals surface area (Å²) in [7, 11) is 0. The highest BCUT2D eigenvalue weighted by atomic mass is 16.3. The molecule has 2 aromatic rings. The molecular formula is C24H37NO2. The summed E-state index contributed by atoms with van der Waals surface area (Å²) in [5.41, 5.74) is 3.11. The van der Waals surface area contributed by atoms with Crippen molar-refractivity contribution in [2.24, 2.45) is 10.4 Å². The number of aliphatic imine (C=N–C) groups is 1. The maximum atomic E-state index is 5.20. The van der Waals surface area contributed by atoms with Crippen LogP contribution in [-0.2, 0) is 10.8 Å². The van der Waals surface area contributed by atoms with Crippen LogP contribution in [0.5, 0.6) is 0 Å². The molecule has 1 aliphatic heterocycles. The predicted molar refractivity (Wildman–Crippen MR) is 116 cm³/mol. The van der Waals surface area contributed by atoms with E-state index in [4.69, 9.17) is 8.83 Å². The Kier molecular flexibility index (Phi) is 7.89. The van der Waals surface area contributed by atoms with Gasteiger partial charge in [0.25, 0.3) is 0 Å². The fourth-order valence-electron chi connectivity index (χ4n) is 2.25. The SMILES string of the molecule is CC(C)(C)C1=NCC=C1.CC(C)(C)c1ccco1.CC(C)(C)c1ccoc1. The highest BCUT2D eigenvalue weighted by Gasteiger charge is 2.17. The first-order valence-electron chi connectivity index (χ1n) is 9.60. The Balaban J connectivity index is 0.000000202. The predicted octanol–water partition coefficient (Wildman–Crippen LogP) is 7.20. The zero-order valence-corrected chi connectivity index (χ0v) is 18.6. The summed E-state index contributed by atoms with van der Waals surface area (Å²) in [5, 5.41) is 0. The fourth-order valence-corrected chi connectivity index (χ4v) is 2.25. The molecule has 0 saturated heterocycles. The van der Waals surface area contributed by atoms with Gasteiger partial charge < -0.3 is 8.83 Å². The molecule has 0 N–H and O–H groups in total. The van der Waals surface area contributed by atoms with Crippen LogP contribution in [0.1, 0.15) is 73.6 Å². The number of rotatable bonds is 0. The molecule has 0 bridgehead atoms. The Bertz CT molecular complexity index is 654. The van der Waals surface area contributed by atoms with Gasteiger partial charge in [-0.15, -0.1) is 0 Å². The summed E-state index contributed by atoms with van der Waals surface area (Å²) >= 11 is 0. The van der Waals surface area contributed by atoms with Gasteiger partial charge in [0.1, 0.15) is 5.76 Å². The van der Waals surface area contributed by atoms with E-state index in [1.165, 1.54) is 11.3 Å². The van der Waals surface area contributed by atoms with E-state index < -0.39 is 0 Å². The second-order valence-corrected chi connectivity index (χ2v) is 9.87. The highest BCUT2D eigenvalue weighted by molar-refractivity contribution is 6.00. The summed E-state index contributed by atoms with van der Waals surface area (Å²) in [6, 6.07) is 5.92. The first-order chi connectivity index (χ1) is 12.3. The van der Waals surface area contributed by atoms with Crippen LogP contribution in [0.25, 0.3) is 0 Å². The Morgan fingerprint density at radius 1 is 0.815 bits per heavy atom. The van der Waals surface area contributed by atoms with Gasteiger partial charge >= 0.3 is 0 Å². The Morgan fingerprint density at radius 2 is 1.48 bits per heavy atom. The van der Waals surface area contributed by atoms with Crippen LogP contribution >= 0.6 is 0 Å². The molecule has 3 heteroatoms. The third kappa shape index (κ3) is 8.47. The monoisotopic (exact) mass is 371 g/mol. The van der Waals surface area contributed by atoms with Crippen LogP contribution in [0.2, 0.25) is 0 Å². The summed E-state index contributed by atoms with van der Waals surface area (Å²) in [4.78, 5) is 4.31. The normalized spacial score (nSPS) is 14.0. The summed E-state index contributed by atoms with van der Waals surface area (Å²) in [6.45, 7) is 20.3. The average Bonchev–Trinajstić information content (AvgIpc) is 3.28. The van der Waals surface area contributed by atoms with Crippen molar-refractivity contribution in [1.29, 1.82) is 0 Å². The van der Waals surface area contributed by atoms with E-state index in [1.807, 2.05) is 18.2 Å². The van der Waals surface area contributed by atoms with Crippen molar-refractivity contribution in [3.05, 3.63) is 60.5 Å². The summed E-state index contributed by atoms with van der Waals surface area (Å²) in [5.74, 6) is 1.04. The molecule has 1 aliphatic rings. The van der Waals surface area contributed by atoms with E-state index in [-0.39, 0.29) is 16.2 Å². The maximum Gasteiger partial charge on any atom is 0.109 e. The van der Waals surface area contributed by atoms with Crippen molar-refractivity contribution in [2.45, 2.75) is 73.1 Å². The van der Waals surface area contributed by atoms with Crippen molar-refractivity contribution >= 4 is 5.71 Å². The molecule has 150 valence electrons. The van der Waals surface area contributed by atoms with Crippen molar-refractivity contribution in [1.82, 2.24) is 0 Å². The molecule has 0 unspecified atom stereocenters. The molecular weight excluding hydrogens is 334 g/mol. The number of allylic oxidation sites excluding steroid dienone is 1. The van der Waals surface area contributed by atoms with Gasteiger partial charge in [0.2, 0.25) is 0 Å². The zero-order valence-electron chi connectivity index (χ0n) is 18.6. The second kappa shape index (κ2) is 9.25. The van der Waals surface area contributed by atoms with E-state index in [0.717, 1.165) is 12.3 Å². The van der Waals surface area contributed by atoms with Crippen molar-refractivity contribution in [3.8, 4) is 0 Å². The van der Waals surface area contributed by atoms with E-state index in [2.05, 4.69) is 79.5 Å². The van der Waals surface area contributed by atoms with Crippen molar-refractivity contribution in [2.75, 3.05) is 6.54 Å². The minimum absolute atomic E-state index is 0.156. The van der Waals surface area contributed by atoms with Crippen LogP contribution in [0.4, 0.5) is 0 Å². The van der Waals surface area contributed by atoms with Crippen molar-refractivity contribution < 1.29 is 8.83 Å². The molecule has 0 amide bonds. The van der Waals surface area contributed by atoms with Gasteiger partial charge in [0.15, 0.2) is 0 Å². The number of nitrogens with zero attached hydrogens (tertiary/aromatic N) is 1. The van der Waals surface area contributed by atoms with Gasteiger partial charge in [-0.3, -0.25) is 4.99 Å². The molecule has 3 heterocycles. The van der Waals surface area contributed by atoms with Gasteiger partial charge in [0, 0.05) is 16.5 Å². The molecule has 3 nitrogen and oxygen atoms in total. The third-order valence-corrected chi connectivity index (χ3v) is 4.06. The van der Waals surface area contributed by atoms with Crippen LogP contribution in [0, 0.1) is 5.41 Å². The van der Waals surface area contributed by atoms with Gasteiger partial charge in [-0.25, -0.2) is 0 Å². The quantitative estimate of drug-likeness (QED) is 0.491. The lowest BCUT2D eigenvalue weighted by atomic mass is 9.89. The second-order valence-electron chi connectivity index (χ2n) is 9.87. The lowest BCUT2D eigenvalue weighted by Gasteiger charge is -2.16. The molecule has 0 spiro atoms. The van der Waals surface area contributed by atoms with Gasteiger partial charge in [-0.2, -0.15) is 0 Å². The lowest BCUT2D eigenvalue weighted by molar-refractivity contribution is 0.409. The Morgan fingerprint density at radius 3 is 1.70 bits per heavy atom. The standard InChI is InChI=1S/C8H13N.2C8H12O/c1-8(2,3)7-5-4-6-9-7;1-8(2,3)7-4-5-9-6-7;1-8(2,3)7-5-4-6-9-7/h4-5H,6H2,1-3H3;2*4-6H,1-3H3. The highest BCUT2D eigenvalue weighted by Crippen LogP contribution is 2.22. The van der Waals surface area contributed by atoms with Crippen LogP contribution < -0.4 is 0 Å². The lowest BCUT2D eigenvalue weighted by Crippen LogP contribution is -2.16. The Labute approximate surface area is 165 Å². The molecule has 0 saturated carbocycles. The third-order valence-electron chi connectivity index (χ3n) is 4.06. The first kappa shape index (κ1) is 23.0. The molecule has 0 aliphatic carbocycles. The van der Waals surface area contributed by atoms with Gasteiger partial charge in [-0.1, -0.05) is 68.4 Å². The zero-order chi connectivity index (χ0) is 20.7. The molecule has 3 rings (SSSR count). The van der Waals surface area contributed by atoms with E-state index in [1.54, 1.807) is 18.8 Å². The topological polar surface area (TPSA) is 38.6 Å². The summed E-state index contributed by atoms with van der Waals surface area (Å²) in [6.07, 6.45) is 9.42. The minimum atomic E-state index is 0.156. The van der Waals surface area contributed by atoms with E-state index in [0.29, 0.717) is 0 Å². The molecule has 27 heavy (non-hydrogen) atoms. The fraction of sp³-hybridized carbons (Fsp3) is 0.542. The average molecular weight is 372 g/mol. The van der Waals surface area contributed by atoms with E-state index >= 15 is 0 Å². The molecule has 2 aromatic heterocycles. The van der Waals surface area contributed by atoms with Gasteiger partial charge in [0.05, 0.1) is 25.3 Å². The molecule has 0 radical (unpaired) electrons. The maximum absolute atomic E-state index is 5.20. The van der Waals surface area contributed by atoms with Crippen LogP contribution in [0.3, 0.4) is 0 Å². The molecule has 0 aromatic carbocycles. The number of furan rings is 2. The number of hydrogen-bond donors (Lipinski definition) is 0. The number of hydrogen-bond acceptors (Lipinski definition) is 3. The minimum Gasteiger partial charge on any atom is -0.472 e. The summed E-state index contributed by atoms with van der Waals surface area (Å²) < 4.78 is 10.1. The van der Waals surface area contributed by atoms with Crippen molar-refractivity contribution in [3.63, 3.8) is 0 Å². The molecule has 0 atom stereocenters. The smallest absolute Gasteiger partial charge is 0.109 e.